The number of esters is 1. The quantitative estimate of drug-likeness (QED) is 0.670. The number of hydrogen-bond acceptors (Lipinski definition) is 2. The molecule has 1 fully saturated rings. The molecule has 2 rings (SSSR count). The first kappa shape index (κ1) is 9.25. The molecule has 2 atom stereocenters. The zero-order valence-electron chi connectivity index (χ0n) is 8.27. The number of carbonyl (C=O) groups is 1. The van der Waals surface area contributed by atoms with Gasteiger partial charge in [-0.15, -0.1) is 0 Å². The molecule has 1 aliphatic rings. The van der Waals surface area contributed by atoms with Crippen molar-refractivity contribution in [1.29, 1.82) is 0 Å². The summed E-state index contributed by atoms with van der Waals surface area (Å²) in [5, 5.41) is 0. The average Bonchev–Trinajstić information content (AvgIpc) is 2.61. The van der Waals surface area contributed by atoms with E-state index in [0.29, 0.717) is 12.3 Å². The van der Waals surface area contributed by atoms with Crippen LogP contribution < -0.4 is 0 Å². The Morgan fingerprint density at radius 3 is 2.71 bits per heavy atom. The fraction of sp³-hybridized carbons (Fsp3) is 0.417. The molecule has 74 valence electrons. The van der Waals surface area contributed by atoms with Crippen molar-refractivity contribution < 1.29 is 9.53 Å². The van der Waals surface area contributed by atoms with E-state index in [1.807, 2.05) is 30.3 Å². The van der Waals surface area contributed by atoms with Gasteiger partial charge in [-0.05, 0) is 12.0 Å². The second kappa shape index (κ2) is 3.82. The Labute approximate surface area is 83.9 Å². The lowest BCUT2D eigenvalue weighted by molar-refractivity contribution is -0.141. The molecule has 1 aromatic carbocycles. The molecule has 2 nitrogen and oxygen atoms in total. The van der Waals surface area contributed by atoms with E-state index in [9.17, 15) is 4.79 Å². The molecule has 0 aromatic heterocycles. The minimum atomic E-state index is -0.0642. The van der Waals surface area contributed by atoms with Gasteiger partial charge in [-0.2, -0.15) is 0 Å². The number of carbonyl (C=O) groups excluding carboxylic acids is 1. The van der Waals surface area contributed by atoms with Crippen LogP contribution in [0.15, 0.2) is 30.3 Å². The molecule has 1 heterocycles. The van der Waals surface area contributed by atoms with Crippen LogP contribution in [0.1, 0.15) is 31.4 Å². The first-order valence-corrected chi connectivity index (χ1v) is 5.05. The maximum Gasteiger partial charge on any atom is 0.306 e. The van der Waals surface area contributed by atoms with E-state index in [-0.39, 0.29) is 12.1 Å². The predicted molar refractivity (Wildman–Crippen MR) is 53.7 cm³/mol. The maximum absolute atomic E-state index is 11.2. The maximum atomic E-state index is 11.2. The molecular weight excluding hydrogens is 176 g/mol. The molecule has 0 saturated carbocycles. The number of hydrogen-bond donors (Lipinski definition) is 0. The Bertz CT molecular complexity index is 318. The minimum absolute atomic E-state index is 0.0197. The molecule has 1 aliphatic heterocycles. The molecule has 14 heavy (non-hydrogen) atoms. The summed E-state index contributed by atoms with van der Waals surface area (Å²) in [4.78, 5) is 11.2. The summed E-state index contributed by atoms with van der Waals surface area (Å²) in [5.74, 6) is 0.288. The highest BCUT2D eigenvalue weighted by atomic mass is 16.5. The van der Waals surface area contributed by atoms with E-state index >= 15 is 0 Å². The van der Waals surface area contributed by atoms with Crippen LogP contribution in [-0.4, -0.2) is 5.97 Å². The molecule has 0 N–H and O–H groups in total. The molecular formula is C12H14O2. The third-order valence-electron chi connectivity index (χ3n) is 2.77. The summed E-state index contributed by atoms with van der Waals surface area (Å²) in [6.45, 7) is 2.10. The van der Waals surface area contributed by atoms with Gasteiger partial charge in [0, 0.05) is 5.92 Å². The molecule has 0 radical (unpaired) electrons. The number of cyclic esters (lactones) is 1. The highest BCUT2D eigenvalue weighted by Crippen LogP contribution is 2.36. The first-order chi connectivity index (χ1) is 6.81. The number of rotatable bonds is 2. The first-order valence-electron chi connectivity index (χ1n) is 5.05. The van der Waals surface area contributed by atoms with Gasteiger partial charge >= 0.3 is 5.97 Å². The molecule has 0 spiro atoms. The number of benzene rings is 1. The molecule has 1 saturated heterocycles. The topological polar surface area (TPSA) is 26.3 Å². The lowest BCUT2D eigenvalue weighted by Gasteiger charge is -2.15. The fourth-order valence-electron chi connectivity index (χ4n) is 1.95. The van der Waals surface area contributed by atoms with Crippen molar-refractivity contribution in [2.75, 3.05) is 0 Å². The fourth-order valence-corrected chi connectivity index (χ4v) is 1.95. The number of ether oxygens (including phenoxy) is 1. The van der Waals surface area contributed by atoms with E-state index in [1.54, 1.807) is 0 Å². The van der Waals surface area contributed by atoms with Crippen LogP contribution in [-0.2, 0) is 9.53 Å². The van der Waals surface area contributed by atoms with Gasteiger partial charge in [0.1, 0.15) is 6.10 Å². The Morgan fingerprint density at radius 2 is 2.07 bits per heavy atom. The van der Waals surface area contributed by atoms with E-state index in [4.69, 9.17) is 4.74 Å². The molecule has 1 unspecified atom stereocenters. The standard InChI is InChI=1S/C12H14O2/c1-2-9-8-11(13)14-12(9)10-6-4-3-5-7-10/h3-7,9,12H,2,8H2,1H3/t9-,12?/m1/s1. The van der Waals surface area contributed by atoms with E-state index in [2.05, 4.69) is 6.92 Å². The van der Waals surface area contributed by atoms with Gasteiger partial charge in [-0.25, -0.2) is 0 Å². The Balaban J connectivity index is 2.22. The molecule has 0 aliphatic carbocycles. The lowest BCUT2D eigenvalue weighted by Crippen LogP contribution is -2.05. The van der Waals surface area contributed by atoms with Crippen LogP contribution in [0.5, 0.6) is 0 Å². The van der Waals surface area contributed by atoms with Crippen LogP contribution >= 0.6 is 0 Å². The summed E-state index contributed by atoms with van der Waals surface area (Å²) >= 11 is 0. The van der Waals surface area contributed by atoms with Crippen LogP contribution in [0.4, 0.5) is 0 Å². The summed E-state index contributed by atoms with van der Waals surface area (Å²) in [7, 11) is 0. The van der Waals surface area contributed by atoms with Crippen molar-refractivity contribution in [2.45, 2.75) is 25.9 Å². The van der Waals surface area contributed by atoms with E-state index in [1.165, 1.54) is 0 Å². The Morgan fingerprint density at radius 1 is 1.36 bits per heavy atom. The lowest BCUT2D eigenvalue weighted by atomic mass is 9.93. The van der Waals surface area contributed by atoms with Gasteiger partial charge in [-0.1, -0.05) is 37.3 Å². The normalized spacial score (nSPS) is 26.2. The minimum Gasteiger partial charge on any atom is -0.457 e. The van der Waals surface area contributed by atoms with Gasteiger partial charge in [0.2, 0.25) is 0 Å². The van der Waals surface area contributed by atoms with E-state index < -0.39 is 0 Å². The summed E-state index contributed by atoms with van der Waals surface area (Å²) in [6, 6.07) is 9.97. The Kier molecular flexibility index (Phi) is 2.53. The average molecular weight is 190 g/mol. The van der Waals surface area contributed by atoms with Gasteiger partial charge in [0.25, 0.3) is 0 Å². The third-order valence-corrected chi connectivity index (χ3v) is 2.77. The summed E-state index contributed by atoms with van der Waals surface area (Å²) in [6.07, 6.45) is 1.54. The molecule has 0 amide bonds. The van der Waals surface area contributed by atoms with Crippen molar-refractivity contribution in [3.8, 4) is 0 Å². The largest absolute Gasteiger partial charge is 0.457 e. The third kappa shape index (κ3) is 1.65. The smallest absolute Gasteiger partial charge is 0.306 e. The molecule has 2 heteroatoms. The van der Waals surface area contributed by atoms with E-state index in [0.717, 1.165) is 12.0 Å². The zero-order valence-corrected chi connectivity index (χ0v) is 8.27. The van der Waals surface area contributed by atoms with Crippen molar-refractivity contribution in [1.82, 2.24) is 0 Å². The van der Waals surface area contributed by atoms with Crippen LogP contribution in [0.25, 0.3) is 0 Å². The molecule has 1 aromatic rings. The predicted octanol–water partition coefficient (Wildman–Crippen LogP) is 2.70. The molecule has 0 bridgehead atoms. The van der Waals surface area contributed by atoms with Gasteiger partial charge in [0.05, 0.1) is 6.42 Å². The monoisotopic (exact) mass is 190 g/mol. The van der Waals surface area contributed by atoms with Crippen LogP contribution in [0, 0.1) is 5.92 Å². The van der Waals surface area contributed by atoms with Crippen molar-refractivity contribution in [3.63, 3.8) is 0 Å². The van der Waals surface area contributed by atoms with Crippen molar-refractivity contribution >= 4 is 5.97 Å². The zero-order chi connectivity index (χ0) is 9.97. The summed E-state index contributed by atoms with van der Waals surface area (Å²) < 4.78 is 5.31. The van der Waals surface area contributed by atoms with Gasteiger partial charge in [-0.3, -0.25) is 4.79 Å². The highest BCUT2D eigenvalue weighted by molar-refractivity contribution is 5.72. The van der Waals surface area contributed by atoms with Gasteiger partial charge < -0.3 is 4.74 Å². The second-order valence-electron chi connectivity index (χ2n) is 3.69. The summed E-state index contributed by atoms with van der Waals surface area (Å²) in [5.41, 5.74) is 1.12. The SMILES string of the molecule is CC[C@@H]1CC(=O)OC1c1ccccc1. The highest BCUT2D eigenvalue weighted by Gasteiger charge is 2.34. The van der Waals surface area contributed by atoms with Crippen molar-refractivity contribution in [3.05, 3.63) is 35.9 Å². The van der Waals surface area contributed by atoms with Crippen molar-refractivity contribution in [2.24, 2.45) is 5.92 Å². The second-order valence-corrected chi connectivity index (χ2v) is 3.69. The Hall–Kier alpha value is -1.31. The van der Waals surface area contributed by atoms with Crippen LogP contribution in [0.3, 0.4) is 0 Å². The van der Waals surface area contributed by atoms with Gasteiger partial charge in [0.15, 0.2) is 0 Å². The van der Waals surface area contributed by atoms with Crippen LogP contribution in [0.2, 0.25) is 0 Å².